The quantitative estimate of drug-likeness (QED) is 0.526. The summed E-state index contributed by atoms with van der Waals surface area (Å²) in [6, 6.07) is 7.36. The topological polar surface area (TPSA) is 72.3 Å². The van der Waals surface area contributed by atoms with Crippen molar-refractivity contribution < 1.29 is 18.3 Å². The lowest BCUT2D eigenvalue weighted by Gasteiger charge is -2.22. The maximum atomic E-state index is 13.9. The largest absolute Gasteiger partial charge is 0.378 e. The summed E-state index contributed by atoms with van der Waals surface area (Å²) in [6.07, 6.45) is 10.2. The fourth-order valence-corrected chi connectivity index (χ4v) is 3.95. The van der Waals surface area contributed by atoms with Crippen molar-refractivity contribution in [3.63, 3.8) is 0 Å². The minimum absolute atomic E-state index is 0.294. The number of methoxy groups -OCH3 is 1. The molecule has 0 unspecified atom stereocenters. The Morgan fingerprint density at radius 2 is 2.06 bits per heavy atom. The van der Waals surface area contributed by atoms with Gasteiger partial charge in [0.25, 0.3) is 5.92 Å². The Morgan fingerprint density at radius 3 is 2.82 bits per heavy atom. The summed E-state index contributed by atoms with van der Waals surface area (Å²) in [4.78, 5) is 18.3. The van der Waals surface area contributed by atoms with E-state index in [0.29, 0.717) is 18.8 Å². The number of nitrogens with zero attached hydrogens (tertiary/aromatic N) is 4. The zero-order valence-corrected chi connectivity index (χ0v) is 18.5. The van der Waals surface area contributed by atoms with Gasteiger partial charge in [0.2, 0.25) is 5.91 Å². The fraction of sp³-hybridized carbons (Fsp3) is 0.292. The summed E-state index contributed by atoms with van der Waals surface area (Å²) in [5.41, 5.74) is 5.17. The first-order valence-corrected chi connectivity index (χ1v) is 10.5. The van der Waals surface area contributed by atoms with Crippen LogP contribution in [0.15, 0.2) is 55.1 Å². The van der Waals surface area contributed by atoms with E-state index in [4.69, 9.17) is 0 Å². The van der Waals surface area contributed by atoms with Crippen molar-refractivity contribution in [1.82, 2.24) is 19.7 Å². The molecule has 4 rings (SSSR count). The van der Waals surface area contributed by atoms with Crippen molar-refractivity contribution in [2.75, 3.05) is 25.6 Å². The molecule has 172 valence electrons. The van der Waals surface area contributed by atoms with Gasteiger partial charge in [0.05, 0.1) is 12.7 Å². The van der Waals surface area contributed by atoms with E-state index in [1.54, 1.807) is 40.3 Å². The van der Waals surface area contributed by atoms with E-state index < -0.39 is 12.5 Å². The Morgan fingerprint density at radius 1 is 1.24 bits per heavy atom. The minimum atomic E-state index is -2.90. The first-order chi connectivity index (χ1) is 15.8. The van der Waals surface area contributed by atoms with E-state index >= 15 is 0 Å². The van der Waals surface area contributed by atoms with Gasteiger partial charge in [-0.2, -0.15) is 5.10 Å². The first kappa shape index (κ1) is 22.8. The number of benzene rings is 1. The number of aromatic nitrogens is 3. The highest BCUT2D eigenvalue weighted by atomic mass is 19.3. The Labute approximate surface area is 190 Å². The number of carbonyl (C=O) groups excluding carboxylic acids is 1. The average Bonchev–Trinajstić information content (AvgIpc) is 3.37. The minimum Gasteiger partial charge on any atom is -0.378 e. The lowest BCUT2D eigenvalue weighted by atomic mass is 10.0. The third kappa shape index (κ3) is 5.68. The molecule has 0 saturated carbocycles. The van der Waals surface area contributed by atoms with Crippen LogP contribution in [0.3, 0.4) is 0 Å². The maximum Gasteiger partial charge on any atom is 0.283 e. The van der Waals surface area contributed by atoms with E-state index in [1.807, 2.05) is 31.4 Å². The highest BCUT2D eigenvalue weighted by Crippen LogP contribution is 2.28. The van der Waals surface area contributed by atoms with Gasteiger partial charge in [0.1, 0.15) is 6.61 Å². The number of carbonyl (C=O) groups is 1. The zero-order valence-electron chi connectivity index (χ0n) is 18.5. The zero-order chi connectivity index (χ0) is 23.4. The predicted molar refractivity (Wildman–Crippen MR) is 121 cm³/mol. The second kappa shape index (κ2) is 9.60. The number of amides is 1. The molecule has 1 aliphatic rings. The van der Waals surface area contributed by atoms with Gasteiger partial charge in [0, 0.05) is 68.7 Å². The van der Waals surface area contributed by atoms with Crippen LogP contribution in [-0.2, 0) is 29.7 Å². The Kier molecular flexibility index (Phi) is 6.62. The maximum absolute atomic E-state index is 13.9. The molecule has 0 saturated heterocycles. The third-order valence-electron chi connectivity index (χ3n) is 5.35. The second-order valence-corrected chi connectivity index (χ2v) is 8.11. The number of rotatable bonds is 8. The molecule has 2 aromatic heterocycles. The molecule has 0 atom stereocenters. The molecule has 3 aromatic rings. The van der Waals surface area contributed by atoms with Crippen LogP contribution in [-0.4, -0.2) is 51.8 Å². The molecule has 33 heavy (non-hydrogen) atoms. The molecule has 1 aromatic carbocycles. The standard InChI is InChI=1S/C24H25F2N5O2/c1-30-12-20(11-28-30)22-7-8-27-10-17(22)4-6-23(32)29-21-5-3-18-13-31(14-19(18)9-21)15-24(25,26)16-33-2/h3-12H,13-16H2,1-2H3,(H,29,32)/b6-4+. The van der Waals surface area contributed by atoms with Crippen molar-refractivity contribution in [2.45, 2.75) is 19.0 Å². The van der Waals surface area contributed by atoms with Gasteiger partial charge < -0.3 is 10.1 Å². The molecular formula is C24H25F2N5O2. The number of ether oxygens (including phenoxy) is 1. The van der Waals surface area contributed by atoms with E-state index in [2.05, 4.69) is 20.1 Å². The van der Waals surface area contributed by atoms with Crippen LogP contribution in [0.4, 0.5) is 14.5 Å². The molecule has 1 N–H and O–H groups in total. The summed E-state index contributed by atoms with van der Waals surface area (Å²) in [6.45, 7) is -0.128. The van der Waals surface area contributed by atoms with Crippen LogP contribution in [0.1, 0.15) is 16.7 Å². The molecule has 1 aliphatic heterocycles. The highest BCUT2D eigenvalue weighted by molar-refractivity contribution is 6.02. The molecule has 3 heterocycles. The second-order valence-electron chi connectivity index (χ2n) is 8.11. The van der Waals surface area contributed by atoms with E-state index in [9.17, 15) is 13.6 Å². The number of fused-ring (bicyclic) bond motifs is 1. The van der Waals surface area contributed by atoms with Crippen molar-refractivity contribution >= 4 is 17.7 Å². The smallest absolute Gasteiger partial charge is 0.283 e. The normalized spacial score (nSPS) is 14.1. The molecule has 1 amide bonds. The number of halogens is 2. The molecule has 0 aliphatic carbocycles. The van der Waals surface area contributed by atoms with E-state index in [1.165, 1.54) is 13.2 Å². The third-order valence-corrected chi connectivity index (χ3v) is 5.35. The predicted octanol–water partition coefficient (Wildman–Crippen LogP) is 3.73. The summed E-state index contributed by atoms with van der Waals surface area (Å²) in [5.74, 6) is -3.20. The summed E-state index contributed by atoms with van der Waals surface area (Å²) >= 11 is 0. The van der Waals surface area contributed by atoms with Gasteiger partial charge in [-0.1, -0.05) is 6.07 Å². The van der Waals surface area contributed by atoms with Gasteiger partial charge in [-0.3, -0.25) is 19.4 Å². The van der Waals surface area contributed by atoms with Crippen molar-refractivity contribution in [1.29, 1.82) is 0 Å². The number of hydrogen-bond acceptors (Lipinski definition) is 5. The van der Waals surface area contributed by atoms with Crippen LogP contribution in [0.5, 0.6) is 0 Å². The lowest BCUT2D eigenvalue weighted by molar-refractivity contribution is -0.111. The molecule has 0 radical (unpaired) electrons. The number of pyridine rings is 1. The van der Waals surface area contributed by atoms with Gasteiger partial charge >= 0.3 is 0 Å². The van der Waals surface area contributed by atoms with Gasteiger partial charge in [-0.05, 0) is 41.0 Å². The average molecular weight is 453 g/mol. The van der Waals surface area contributed by atoms with Crippen LogP contribution in [0.25, 0.3) is 17.2 Å². The number of anilines is 1. The van der Waals surface area contributed by atoms with Crippen molar-refractivity contribution in [2.24, 2.45) is 7.05 Å². The van der Waals surface area contributed by atoms with Crippen LogP contribution >= 0.6 is 0 Å². The van der Waals surface area contributed by atoms with Crippen LogP contribution in [0.2, 0.25) is 0 Å². The Balaban J connectivity index is 1.40. The van der Waals surface area contributed by atoms with Gasteiger partial charge in [-0.15, -0.1) is 0 Å². The van der Waals surface area contributed by atoms with Crippen LogP contribution < -0.4 is 5.32 Å². The Hall–Kier alpha value is -3.43. The molecule has 0 spiro atoms. The summed E-state index contributed by atoms with van der Waals surface area (Å²) in [7, 11) is 3.11. The fourth-order valence-electron chi connectivity index (χ4n) is 3.95. The summed E-state index contributed by atoms with van der Waals surface area (Å²) in [5, 5.41) is 7.03. The molecular weight excluding hydrogens is 428 g/mol. The number of nitrogens with one attached hydrogen (secondary N) is 1. The SMILES string of the molecule is COCC(F)(F)CN1Cc2ccc(NC(=O)/C=C/c3cnccc3-c3cnn(C)c3)cc2C1. The van der Waals surface area contributed by atoms with Gasteiger partial charge in [0.15, 0.2) is 0 Å². The molecule has 9 heteroatoms. The lowest BCUT2D eigenvalue weighted by Crippen LogP contribution is -2.37. The van der Waals surface area contributed by atoms with Gasteiger partial charge in [-0.25, -0.2) is 8.78 Å². The van der Waals surface area contributed by atoms with Crippen molar-refractivity contribution in [3.05, 3.63) is 71.8 Å². The first-order valence-electron chi connectivity index (χ1n) is 10.5. The van der Waals surface area contributed by atoms with Crippen molar-refractivity contribution in [3.8, 4) is 11.1 Å². The molecule has 0 fully saturated rings. The number of aryl methyl sites for hydroxylation is 1. The highest BCUT2D eigenvalue weighted by Gasteiger charge is 2.34. The van der Waals surface area contributed by atoms with Crippen LogP contribution in [0, 0.1) is 0 Å². The number of alkyl halides is 2. The van der Waals surface area contributed by atoms with E-state index in [-0.39, 0.29) is 12.5 Å². The molecule has 7 nitrogen and oxygen atoms in total. The summed E-state index contributed by atoms with van der Waals surface area (Å²) < 4.78 is 34.1. The van der Waals surface area contributed by atoms with E-state index in [0.717, 1.165) is 27.8 Å². The molecule has 0 bridgehead atoms. The number of hydrogen-bond donors (Lipinski definition) is 1. The Bertz CT molecular complexity index is 1180. The monoisotopic (exact) mass is 453 g/mol.